The smallest absolute Gasteiger partial charge is 0.250 e. The third kappa shape index (κ3) is 4.33. The standard InChI is InChI=1S/C22H28N8O2S2/c1-4-26-34(31,32)22-14(2)8-19(33-22)28-20-21-24-11-18(16-10-25-29(3)12-16)30(21)13-17(27-20)15-6-5-7-23-9-15/h6,8,10,12-13,18,23,26H,4-5,7,9,11H2,1-3H3,(H,27,28). The Labute approximate surface area is 203 Å². The van der Waals surface area contributed by atoms with E-state index < -0.39 is 10.0 Å². The van der Waals surface area contributed by atoms with Crippen LogP contribution in [0.2, 0.25) is 0 Å². The molecular formula is C22H28N8O2S2. The van der Waals surface area contributed by atoms with Crippen molar-refractivity contribution in [2.75, 3.05) is 31.5 Å². The van der Waals surface area contributed by atoms with E-state index >= 15 is 0 Å². The fourth-order valence-electron chi connectivity index (χ4n) is 4.29. The maximum absolute atomic E-state index is 12.6. The monoisotopic (exact) mass is 500 g/mol. The Morgan fingerprint density at radius 2 is 2.21 bits per heavy atom. The summed E-state index contributed by atoms with van der Waals surface area (Å²) < 4.78 is 29.8. The number of anilines is 1. The molecule has 2 aromatic heterocycles. The summed E-state index contributed by atoms with van der Waals surface area (Å²) in [6.07, 6.45) is 9.12. The molecular weight excluding hydrogens is 472 g/mol. The molecule has 0 aliphatic carbocycles. The Morgan fingerprint density at radius 1 is 1.35 bits per heavy atom. The molecule has 3 N–H and O–H groups in total. The van der Waals surface area contributed by atoms with Gasteiger partial charge >= 0.3 is 0 Å². The number of nitrogens with zero attached hydrogens (tertiary/aromatic N) is 5. The maximum Gasteiger partial charge on any atom is 0.250 e. The van der Waals surface area contributed by atoms with Crippen molar-refractivity contribution in [1.82, 2.24) is 24.7 Å². The molecule has 10 nitrogen and oxygen atoms in total. The van der Waals surface area contributed by atoms with Gasteiger partial charge in [0, 0.05) is 38.1 Å². The van der Waals surface area contributed by atoms with Gasteiger partial charge in [-0.3, -0.25) is 9.67 Å². The van der Waals surface area contributed by atoms with Gasteiger partial charge in [-0.2, -0.15) is 5.10 Å². The van der Waals surface area contributed by atoms with Gasteiger partial charge in [-0.1, -0.05) is 13.0 Å². The van der Waals surface area contributed by atoms with Crippen LogP contribution in [0.25, 0.3) is 0 Å². The number of nitrogens with one attached hydrogen (secondary N) is 3. The summed E-state index contributed by atoms with van der Waals surface area (Å²) >= 11 is 1.20. The summed E-state index contributed by atoms with van der Waals surface area (Å²) in [5, 5.41) is 11.8. The number of aromatic nitrogens is 2. The Morgan fingerprint density at radius 3 is 2.91 bits per heavy atom. The van der Waals surface area contributed by atoms with Crippen LogP contribution in [0.15, 0.2) is 56.2 Å². The van der Waals surface area contributed by atoms with Crippen LogP contribution in [-0.2, 0) is 17.1 Å². The summed E-state index contributed by atoms with van der Waals surface area (Å²) in [5.41, 5.74) is 3.79. The molecule has 0 fully saturated rings. The molecule has 0 bridgehead atoms. The quantitative estimate of drug-likeness (QED) is 0.560. The number of amidine groups is 2. The van der Waals surface area contributed by atoms with E-state index in [0.29, 0.717) is 33.7 Å². The SMILES string of the molecule is CCNS(=O)(=O)c1sc(NC2=NC(C3=CCCNC3)=CN3C2=NCC3c2cnn(C)c2)cc1C. The second kappa shape index (κ2) is 9.10. The largest absolute Gasteiger partial charge is 0.329 e. The number of aryl methyl sites for hydroxylation is 2. The van der Waals surface area contributed by atoms with E-state index in [1.54, 1.807) is 18.5 Å². The first-order valence-electron chi connectivity index (χ1n) is 11.2. The first-order chi connectivity index (χ1) is 16.4. The molecule has 34 heavy (non-hydrogen) atoms. The number of hydrogen-bond donors (Lipinski definition) is 3. The zero-order valence-corrected chi connectivity index (χ0v) is 21.0. The predicted molar refractivity (Wildman–Crippen MR) is 135 cm³/mol. The van der Waals surface area contributed by atoms with Crippen molar-refractivity contribution in [3.63, 3.8) is 0 Å². The van der Waals surface area contributed by atoms with Gasteiger partial charge in [-0.25, -0.2) is 18.1 Å². The van der Waals surface area contributed by atoms with Crippen LogP contribution < -0.4 is 15.4 Å². The lowest BCUT2D eigenvalue weighted by molar-refractivity contribution is 0.455. The first kappa shape index (κ1) is 23.0. The molecule has 3 aliphatic heterocycles. The second-order valence-corrected chi connectivity index (χ2v) is 11.4. The maximum atomic E-state index is 12.6. The third-order valence-corrected chi connectivity index (χ3v) is 9.19. The van der Waals surface area contributed by atoms with Crippen molar-refractivity contribution in [3.8, 4) is 0 Å². The normalized spacial score (nSPS) is 20.4. The highest BCUT2D eigenvalue weighted by atomic mass is 32.2. The van der Waals surface area contributed by atoms with Crippen LogP contribution in [-0.4, -0.2) is 60.9 Å². The van der Waals surface area contributed by atoms with Gasteiger partial charge in [0.1, 0.15) is 4.21 Å². The van der Waals surface area contributed by atoms with E-state index in [-0.39, 0.29) is 6.04 Å². The number of hydrogen-bond acceptors (Lipinski definition) is 9. The number of fused-ring (bicyclic) bond motifs is 1. The molecule has 0 saturated carbocycles. The van der Waals surface area contributed by atoms with Gasteiger partial charge < -0.3 is 15.5 Å². The number of sulfonamides is 1. The van der Waals surface area contributed by atoms with Crippen molar-refractivity contribution in [2.45, 2.75) is 30.5 Å². The summed E-state index contributed by atoms with van der Waals surface area (Å²) in [6, 6.07) is 1.87. The minimum atomic E-state index is -3.54. The van der Waals surface area contributed by atoms with Gasteiger partial charge in [0.15, 0.2) is 11.7 Å². The lowest BCUT2D eigenvalue weighted by Crippen LogP contribution is -2.38. The van der Waals surface area contributed by atoms with E-state index in [9.17, 15) is 8.42 Å². The molecule has 1 atom stereocenters. The molecule has 0 aromatic carbocycles. The topological polar surface area (TPSA) is 116 Å². The van der Waals surface area contributed by atoms with Crippen LogP contribution in [0.4, 0.5) is 5.00 Å². The molecule has 3 aliphatic rings. The molecule has 0 amide bonds. The van der Waals surface area contributed by atoms with Gasteiger partial charge in [0.05, 0.1) is 29.5 Å². The van der Waals surface area contributed by atoms with Crippen molar-refractivity contribution in [2.24, 2.45) is 17.0 Å². The third-order valence-electron chi connectivity index (χ3n) is 5.86. The second-order valence-electron chi connectivity index (χ2n) is 8.41. The van der Waals surface area contributed by atoms with Gasteiger partial charge in [0.2, 0.25) is 10.0 Å². The van der Waals surface area contributed by atoms with Crippen molar-refractivity contribution < 1.29 is 8.42 Å². The van der Waals surface area contributed by atoms with E-state index in [0.717, 1.165) is 42.2 Å². The lowest BCUT2D eigenvalue weighted by Gasteiger charge is -2.29. The first-order valence-corrected chi connectivity index (χ1v) is 13.5. The fraction of sp³-hybridized carbons (Fsp3) is 0.409. The molecule has 180 valence electrons. The Kier molecular flexibility index (Phi) is 6.15. The summed E-state index contributed by atoms with van der Waals surface area (Å²) in [7, 11) is -1.63. The van der Waals surface area contributed by atoms with Crippen LogP contribution in [0.5, 0.6) is 0 Å². The van der Waals surface area contributed by atoms with Crippen LogP contribution in [0.1, 0.15) is 30.5 Å². The van der Waals surface area contributed by atoms with Crippen molar-refractivity contribution in [3.05, 3.63) is 53.1 Å². The molecule has 12 heteroatoms. The summed E-state index contributed by atoms with van der Waals surface area (Å²) in [6.45, 7) is 6.21. The van der Waals surface area contributed by atoms with Crippen molar-refractivity contribution >= 4 is 38.0 Å². The summed E-state index contributed by atoms with van der Waals surface area (Å²) in [5.74, 6) is 1.35. The average molecular weight is 501 g/mol. The molecule has 0 saturated heterocycles. The minimum absolute atomic E-state index is 0.0258. The number of aliphatic imine (C=N–C) groups is 2. The van der Waals surface area contributed by atoms with E-state index in [1.165, 1.54) is 11.3 Å². The molecule has 1 unspecified atom stereocenters. The molecule has 0 spiro atoms. The molecule has 5 rings (SSSR count). The molecule has 5 heterocycles. The van der Waals surface area contributed by atoms with Gasteiger partial charge in [-0.15, -0.1) is 11.3 Å². The van der Waals surface area contributed by atoms with E-state index in [2.05, 4.69) is 37.6 Å². The molecule has 2 aromatic rings. The highest BCUT2D eigenvalue weighted by Gasteiger charge is 2.35. The fourth-order valence-corrected chi connectivity index (χ4v) is 6.97. The highest BCUT2D eigenvalue weighted by molar-refractivity contribution is 7.91. The lowest BCUT2D eigenvalue weighted by atomic mass is 10.1. The average Bonchev–Trinajstić information content (AvgIpc) is 3.52. The van der Waals surface area contributed by atoms with Crippen LogP contribution in [0.3, 0.4) is 0 Å². The Hall–Kier alpha value is -2.80. The van der Waals surface area contributed by atoms with Crippen molar-refractivity contribution in [1.29, 1.82) is 0 Å². The van der Waals surface area contributed by atoms with Gasteiger partial charge in [-0.05, 0) is 37.1 Å². The van der Waals surface area contributed by atoms with Gasteiger partial charge in [0.25, 0.3) is 0 Å². The molecule has 0 radical (unpaired) electrons. The zero-order valence-electron chi connectivity index (χ0n) is 19.4. The number of thiophene rings is 1. The Balaban J connectivity index is 1.49. The Bertz CT molecular complexity index is 1330. The number of rotatable bonds is 6. The van der Waals surface area contributed by atoms with E-state index in [4.69, 9.17) is 9.98 Å². The predicted octanol–water partition coefficient (Wildman–Crippen LogP) is 2.13. The summed E-state index contributed by atoms with van der Waals surface area (Å²) in [4.78, 5) is 11.9. The zero-order chi connectivity index (χ0) is 23.9. The highest BCUT2D eigenvalue weighted by Crippen LogP contribution is 2.35. The van der Waals surface area contributed by atoms with E-state index in [1.807, 2.05) is 25.5 Å². The van der Waals surface area contributed by atoms with Crippen LogP contribution >= 0.6 is 11.3 Å². The van der Waals surface area contributed by atoms with Crippen LogP contribution in [0, 0.1) is 6.92 Å². The minimum Gasteiger partial charge on any atom is -0.329 e.